The Labute approximate surface area is 61.1 Å². The normalized spacial score (nSPS) is 37.8. The third kappa shape index (κ3) is 0.819. The highest BCUT2D eigenvalue weighted by molar-refractivity contribution is 5.54. The van der Waals surface area contributed by atoms with Gasteiger partial charge in [0, 0.05) is 5.57 Å². The Hall–Kier alpha value is -0.550. The van der Waals surface area contributed by atoms with Crippen LogP contribution >= 0.6 is 0 Å². The molecular weight excluding hydrogens is 124 g/mol. The van der Waals surface area contributed by atoms with Crippen LogP contribution in [0.4, 0.5) is 0 Å². The highest BCUT2D eigenvalue weighted by Gasteiger charge is 2.31. The van der Waals surface area contributed by atoms with Gasteiger partial charge in [0.15, 0.2) is 0 Å². The molecule has 1 nitrogen and oxygen atoms in total. The van der Waals surface area contributed by atoms with Gasteiger partial charge in [-0.05, 0) is 43.9 Å². The van der Waals surface area contributed by atoms with Gasteiger partial charge in [0.1, 0.15) is 5.94 Å². The first-order valence-electron chi connectivity index (χ1n) is 4.14. The maximum absolute atomic E-state index is 10.4. The van der Waals surface area contributed by atoms with E-state index in [1.807, 2.05) is 0 Å². The van der Waals surface area contributed by atoms with Gasteiger partial charge in [-0.15, -0.1) is 0 Å². The molecule has 10 heavy (non-hydrogen) atoms. The Morgan fingerprint density at radius 3 is 2.20 bits per heavy atom. The molecule has 0 aliphatic heterocycles. The standard InChI is InChI=1S/C9H12O/c10-6-9-5-7-1-3-8(9)4-2-7/h7-8H,1-5H2. The first kappa shape index (κ1) is 6.18. The van der Waals surface area contributed by atoms with Crippen molar-refractivity contribution in [3.63, 3.8) is 0 Å². The first-order valence-corrected chi connectivity index (χ1v) is 4.14. The first-order chi connectivity index (χ1) is 4.90. The Morgan fingerprint density at radius 2 is 1.90 bits per heavy atom. The Morgan fingerprint density at radius 1 is 1.20 bits per heavy atom. The fourth-order valence-corrected chi connectivity index (χ4v) is 2.32. The van der Waals surface area contributed by atoms with Gasteiger partial charge in [-0.25, -0.2) is 4.79 Å². The predicted molar refractivity (Wildman–Crippen MR) is 39.3 cm³/mol. The molecular formula is C9H12O. The molecule has 3 saturated carbocycles. The molecule has 0 heterocycles. The van der Waals surface area contributed by atoms with E-state index in [0.29, 0.717) is 5.92 Å². The highest BCUT2D eigenvalue weighted by atomic mass is 16.1. The summed E-state index contributed by atoms with van der Waals surface area (Å²) in [5, 5.41) is 0. The van der Waals surface area contributed by atoms with Crippen LogP contribution in [-0.2, 0) is 4.79 Å². The summed E-state index contributed by atoms with van der Waals surface area (Å²) in [4.78, 5) is 10.4. The summed E-state index contributed by atoms with van der Waals surface area (Å²) >= 11 is 0. The maximum atomic E-state index is 10.4. The molecule has 54 valence electrons. The van der Waals surface area contributed by atoms with E-state index >= 15 is 0 Å². The third-order valence-corrected chi connectivity index (χ3v) is 2.98. The van der Waals surface area contributed by atoms with Crippen molar-refractivity contribution in [2.75, 3.05) is 0 Å². The van der Waals surface area contributed by atoms with Crippen LogP contribution in [0.25, 0.3) is 0 Å². The number of hydrogen-bond donors (Lipinski definition) is 0. The van der Waals surface area contributed by atoms with Gasteiger partial charge in [0.25, 0.3) is 0 Å². The molecule has 0 aromatic rings. The zero-order valence-corrected chi connectivity index (χ0v) is 6.10. The molecule has 0 aromatic heterocycles. The van der Waals surface area contributed by atoms with Gasteiger partial charge >= 0.3 is 0 Å². The zero-order chi connectivity index (χ0) is 6.97. The lowest BCUT2D eigenvalue weighted by Crippen LogP contribution is -2.24. The van der Waals surface area contributed by atoms with Crippen LogP contribution in [0.2, 0.25) is 0 Å². The second-order valence-electron chi connectivity index (χ2n) is 3.55. The van der Waals surface area contributed by atoms with Gasteiger partial charge < -0.3 is 0 Å². The number of fused-ring (bicyclic) bond motifs is 3. The lowest BCUT2D eigenvalue weighted by molar-refractivity contribution is 0.241. The number of hydrogen-bond acceptors (Lipinski definition) is 1. The minimum atomic E-state index is 0.627. The second kappa shape index (κ2) is 2.25. The molecule has 0 radical (unpaired) electrons. The van der Waals surface area contributed by atoms with E-state index in [9.17, 15) is 4.79 Å². The van der Waals surface area contributed by atoms with Crippen LogP contribution in [0.3, 0.4) is 0 Å². The fraction of sp³-hybridized carbons (Fsp3) is 0.778. The predicted octanol–water partition coefficient (Wildman–Crippen LogP) is 1.95. The molecule has 3 fully saturated rings. The van der Waals surface area contributed by atoms with Crippen LogP contribution in [0.15, 0.2) is 5.57 Å². The molecule has 0 unspecified atom stereocenters. The van der Waals surface area contributed by atoms with Crippen molar-refractivity contribution in [1.82, 2.24) is 0 Å². The molecule has 0 spiro atoms. The molecule has 0 atom stereocenters. The topological polar surface area (TPSA) is 17.1 Å². The van der Waals surface area contributed by atoms with Crippen molar-refractivity contribution in [2.45, 2.75) is 32.1 Å². The van der Waals surface area contributed by atoms with E-state index in [4.69, 9.17) is 0 Å². The summed E-state index contributed by atoms with van der Waals surface area (Å²) in [5.74, 6) is 3.56. The average molecular weight is 136 g/mol. The molecule has 3 rings (SSSR count). The average Bonchev–Trinajstić information content (AvgIpc) is 2.06. The fourth-order valence-electron chi connectivity index (χ4n) is 2.32. The summed E-state index contributed by atoms with van der Waals surface area (Å²) in [6.45, 7) is 0. The number of allylic oxidation sites excluding steroid dienone is 1. The van der Waals surface area contributed by atoms with Crippen LogP contribution in [0, 0.1) is 11.8 Å². The minimum Gasteiger partial charge on any atom is -0.234 e. The number of rotatable bonds is 0. The van der Waals surface area contributed by atoms with Crippen molar-refractivity contribution >= 4 is 5.94 Å². The van der Waals surface area contributed by atoms with Crippen LogP contribution in [0.1, 0.15) is 32.1 Å². The molecule has 1 heteroatoms. The van der Waals surface area contributed by atoms with Crippen LogP contribution in [0.5, 0.6) is 0 Å². The summed E-state index contributed by atoms with van der Waals surface area (Å²) in [5.41, 5.74) is 1.09. The van der Waals surface area contributed by atoms with Crippen molar-refractivity contribution < 1.29 is 4.79 Å². The molecule has 3 aliphatic carbocycles. The summed E-state index contributed by atoms with van der Waals surface area (Å²) in [6.07, 6.45) is 6.30. The quantitative estimate of drug-likeness (QED) is 0.465. The second-order valence-corrected chi connectivity index (χ2v) is 3.55. The summed E-state index contributed by atoms with van der Waals surface area (Å²) in [6, 6.07) is 0. The van der Waals surface area contributed by atoms with Crippen LogP contribution < -0.4 is 0 Å². The number of carbonyl (C=O) groups excluding carboxylic acids is 1. The van der Waals surface area contributed by atoms with Crippen molar-refractivity contribution in [1.29, 1.82) is 0 Å². The van der Waals surface area contributed by atoms with E-state index < -0.39 is 0 Å². The van der Waals surface area contributed by atoms with E-state index in [2.05, 4.69) is 5.94 Å². The van der Waals surface area contributed by atoms with Gasteiger partial charge in [-0.1, -0.05) is 0 Å². The largest absolute Gasteiger partial charge is 0.234 e. The third-order valence-electron chi connectivity index (χ3n) is 2.98. The Bertz CT molecular complexity index is 181. The van der Waals surface area contributed by atoms with Crippen molar-refractivity contribution in [2.24, 2.45) is 11.8 Å². The molecule has 0 aromatic carbocycles. The van der Waals surface area contributed by atoms with Crippen LogP contribution in [-0.4, -0.2) is 5.94 Å². The van der Waals surface area contributed by atoms with Gasteiger partial charge in [0.05, 0.1) is 0 Å². The van der Waals surface area contributed by atoms with E-state index in [1.54, 1.807) is 0 Å². The highest BCUT2D eigenvalue weighted by Crippen LogP contribution is 2.43. The summed E-state index contributed by atoms with van der Waals surface area (Å²) in [7, 11) is 0. The van der Waals surface area contributed by atoms with Gasteiger partial charge in [-0.2, -0.15) is 0 Å². The van der Waals surface area contributed by atoms with Gasteiger partial charge in [0.2, 0.25) is 0 Å². The van der Waals surface area contributed by atoms with E-state index in [0.717, 1.165) is 17.9 Å². The lowest BCUT2D eigenvalue weighted by atomic mass is 9.68. The molecule has 0 amide bonds. The zero-order valence-electron chi connectivity index (χ0n) is 6.10. The SMILES string of the molecule is O=C=C1CC2CCC1CC2. The summed E-state index contributed by atoms with van der Waals surface area (Å²) < 4.78 is 0. The molecule has 0 saturated heterocycles. The Kier molecular flexibility index (Phi) is 1.39. The van der Waals surface area contributed by atoms with Gasteiger partial charge in [-0.3, -0.25) is 0 Å². The smallest absolute Gasteiger partial charge is 0.123 e. The molecule has 3 aliphatic rings. The lowest BCUT2D eigenvalue weighted by Gasteiger charge is -2.36. The minimum absolute atomic E-state index is 0.627. The molecule has 2 bridgehead atoms. The maximum Gasteiger partial charge on any atom is 0.123 e. The van der Waals surface area contributed by atoms with E-state index in [1.165, 1.54) is 25.7 Å². The monoisotopic (exact) mass is 136 g/mol. The van der Waals surface area contributed by atoms with E-state index in [-0.39, 0.29) is 0 Å². The van der Waals surface area contributed by atoms with Crippen molar-refractivity contribution in [3.8, 4) is 0 Å². The van der Waals surface area contributed by atoms with Crippen molar-refractivity contribution in [3.05, 3.63) is 5.57 Å². The Balaban J connectivity index is 2.22. The molecule has 0 N–H and O–H groups in total.